The molecule has 0 heterocycles. The molecule has 2 nitrogen and oxygen atoms in total. The highest BCUT2D eigenvalue weighted by Gasteiger charge is 2.03. The monoisotopic (exact) mass is 144 g/mol. The normalized spacial score (nSPS) is 9.89. The fourth-order valence-corrected chi connectivity index (χ4v) is 1.76. The van der Waals surface area contributed by atoms with Gasteiger partial charge < -0.3 is 4.90 Å². The summed E-state index contributed by atoms with van der Waals surface area (Å²) >= 11 is 0. The Hall–Kier alpha value is -0.313. The molecular weight excluding hydrogens is 130 g/mol. The number of amides is 1. The van der Waals surface area contributed by atoms with Crippen molar-refractivity contribution in [2.24, 2.45) is 0 Å². The van der Waals surface area contributed by atoms with Crippen LogP contribution in [0.4, 0.5) is 0 Å². The molecule has 0 aromatic rings. The standard InChI is InChI=1S/C6H14NOSi/c1-6(8)7(2)5-9(3)4/h5H2,1-4H3. The third kappa shape index (κ3) is 4.21. The van der Waals surface area contributed by atoms with E-state index in [1.54, 1.807) is 11.8 Å². The lowest BCUT2D eigenvalue weighted by atomic mass is 10.6. The molecule has 0 rings (SSSR count). The van der Waals surface area contributed by atoms with Gasteiger partial charge in [-0.1, -0.05) is 13.1 Å². The largest absolute Gasteiger partial charge is 0.349 e. The zero-order valence-electron chi connectivity index (χ0n) is 6.56. The topological polar surface area (TPSA) is 20.3 Å². The summed E-state index contributed by atoms with van der Waals surface area (Å²) in [6, 6.07) is 0. The molecule has 0 aliphatic rings. The predicted molar refractivity (Wildman–Crippen MR) is 40.8 cm³/mol. The molecule has 0 saturated carbocycles. The Balaban J connectivity index is 3.50. The van der Waals surface area contributed by atoms with Crippen LogP contribution in [0.1, 0.15) is 6.92 Å². The summed E-state index contributed by atoms with van der Waals surface area (Å²) in [7, 11) is 1.57. The Morgan fingerprint density at radius 3 is 2.11 bits per heavy atom. The minimum Gasteiger partial charge on any atom is -0.349 e. The molecule has 0 unspecified atom stereocenters. The Morgan fingerprint density at radius 1 is 1.56 bits per heavy atom. The number of carbonyl (C=O) groups is 1. The van der Waals surface area contributed by atoms with Crippen LogP contribution in [-0.4, -0.2) is 32.8 Å². The molecule has 0 atom stereocenters. The van der Waals surface area contributed by atoms with Crippen LogP contribution >= 0.6 is 0 Å². The molecule has 0 N–H and O–H groups in total. The van der Waals surface area contributed by atoms with E-state index in [2.05, 4.69) is 13.1 Å². The van der Waals surface area contributed by atoms with Crippen molar-refractivity contribution >= 4 is 14.7 Å². The van der Waals surface area contributed by atoms with Crippen LogP contribution in [0, 0.1) is 0 Å². The zero-order chi connectivity index (χ0) is 7.44. The second kappa shape index (κ2) is 3.66. The first-order valence-corrected chi connectivity index (χ1v) is 5.75. The molecule has 9 heavy (non-hydrogen) atoms. The lowest BCUT2D eigenvalue weighted by Gasteiger charge is -2.15. The van der Waals surface area contributed by atoms with Gasteiger partial charge in [0.05, 0.1) is 8.80 Å². The SMILES string of the molecule is CC(=O)N(C)C[Si](C)C. The first-order valence-electron chi connectivity index (χ1n) is 3.04. The minimum absolute atomic E-state index is 0.168. The van der Waals surface area contributed by atoms with Gasteiger partial charge in [0.1, 0.15) is 0 Å². The average Bonchev–Trinajstić information content (AvgIpc) is 1.63. The van der Waals surface area contributed by atoms with Gasteiger partial charge in [0.25, 0.3) is 0 Å². The molecular formula is C6H14NOSi. The maximum Gasteiger partial charge on any atom is 0.218 e. The van der Waals surface area contributed by atoms with E-state index in [1.165, 1.54) is 0 Å². The lowest BCUT2D eigenvalue weighted by Crippen LogP contribution is -2.31. The van der Waals surface area contributed by atoms with Gasteiger partial charge in [-0.3, -0.25) is 4.79 Å². The van der Waals surface area contributed by atoms with Crippen molar-refractivity contribution in [3.63, 3.8) is 0 Å². The lowest BCUT2D eigenvalue weighted by molar-refractivity contribution is -0.126. The van der Waals surface area contributed by atoms with Gasteiger partial charge in [-0.05, 0) is 0 Å². The predicted octanol–water partition coefficient (Wildman–Crippen LogP) is 0.758. The zero-order valence-corrected chi connectivity index (χ0v) is 7.56. The van der Waals surface area contributed by atoms with Crippen LogP contribution in [0.3, 0.4) is 0 Å². The fourth-order valence-electron chi connectivity index (χ4n) is 0.586. The summed E-state index contributed by atoms with van der Waals surface area (Å²) in [6.07, 6.45) is 0.958. The van der Waals surface area contributed by atoms with Crippen molar-refractivity contribution in [2.75, 3.05) is 13.2 Å². The molecule has 1 radical (unpaired) electrons. The highest BCUT2D eigenvalue weighted by Crippen LogP contribution is 1.86. The van der Waals surface area contributed by atoms with Crippen molar-refractivity contribution < 1.29 is 4.79 Å². The molecule has 0 aromatic carbocycles. The van der Waals surface area contributed by atoms with Crippen LogP contribution in [0.2, 0.25) is 13.1 Å². The summed E-state index contributed by atoms with van der Waals surface area (Å²) in [5.74, 6) is 0.168. The summed E-state index contributed by atoms with van der Waals surface area (Å²) in [5.41, 5.74) is 0. The van der Waals surface area contributed by atoms with E-state index in [1.807, 2.05) is 7.05 Å². The maximum absolute atomic E-state index is 10.6. The van der Waals surface area contributed by atoms with Crippen LogP contribution < -0.4 is 0 Å². The molecule has 0 aliphatic heterocycles. The average molecular weight is 144 g/mol. The first kappa shape index (κ1) is 8.69. The molecule has 0 fully saturated rings. The molecule has 0 saturated heterocycles. The van der Waals surface area contributed by atoms with E-state index in [4.69, 9.17) is 0 Å². The Morgan fingerprint density at radius 2 is 2.00 bits per heavy atom. The van der Waals surface area contributed by atoms with Crippen LogP contribution in [0.15, 0.2) is 0 Å². The molecule has 0 aromatic heterocycles. The van der Waals surface area contributed by atoms with Crippen molar-refractivity contribution in [1.82, 2.24) is 4.90 Å². The number of hydrogen-bond donors (Lipinski definition) is 0. The van der Waals surface area contributed by atoms with Crippen LogP contribution in [0.25, 0.3) is 0 Å². The van der Waals surface area contributed by atoms with E-state index < -0.39 is 0 Å². The molecule has 3 heteroatoms. The van der Waals surface area contributed by atoms with E-state index >= 15 is 0 Å². The van der Waals surface area contributed by atoms with E-state index in [-0.39, 0.29) is 14.7 Å². The number of hydrogen-bond acceptors (Lipinski definition) is 1. The van der Waals surface area contributed by atoms with Crippen molar-refractivity contribution in [1.29, 1.82) is 0 Å². The van der Waals surface area contributed by atoms with Gasteiger partial charge in [-0.25, -0.2) is 0 Å². The van der Waals surface area contributed by atoms with Crippen molar-refractivity contribution in [3.8, 4) is 0 Å². The number of nitrogens with zero attached hydrogens (tertiary/aromatic N) is 1. The second-order valence-electron chi connectivity index (χ2n) is 2.58. The van der Waals surface area contributed by atoms with Gasteiger partial charge >= 0.3 is 0 Å². The smallest absolute Gasteiger partial charge is 0.218 e. The third-order valence-corrected chi connectivity index (χ3v) is 2.20. The van der Waals surface area contributed by atoms with E-state index in [9.17, 15) is 4.79 Å². The van der Waals surface area contributed by atoms with Crippen molar-refractivity contribution in [3.05, 3.63) is 0 Å². The van der Waals surface area contributed by atoms with E-state index in [0.717, 1.165) is 6.17 Å². The van der Waals surface area contributed by atoms with Crippen LogP contribution in [-0.2, 0) is 4.79 Å². The maximum atomic E-state index is 10.6. The highest BCUT2D eigenvalue weighted by atomic mass is 28.3. The van der Waals surface area contributed by atoms with Crippen LogP contribution in [0.5, 0.6) is 0 Å². The van der Waals surface area contributed by atoms with Gasteiger partial charge in [-0.2, -0.15) is 0 Å². The third-order valence-electron chi connectivity index (χ3n) is 1.09. The quantitative estimate of drug-likeness (QED) is 0.524. The Kier molecular flexibility index (Phi) is 3.54. The van der Waals surface area contributed by atoms with Gasteiger partial charge in [0.2, 0.25) is 5.91 Å². The Bertz CT molecular complexity index is 103. The second-order valence-corrected chi connectivity index (χ2v) is 5.31. The molecule has 0 bridgehead atoms. The Labute approximate surface area is 58.5 Å². The fraction of sp³-hybridized carbons (Fsp3) is 0.833. The molecule has 53 valence electrons. The molecule has 0 aliphatic carbocycles. The highest BCUT2D eigenvalue weighted by molar-refractivity contribution is 6.56. The molecule has 0 spiro atoms. The summed E-state index contributed by atoms with van der Waals surface area (Å²) in [5, 5.41) is 0. The molecule has 1 amide bonds. The first-order chi connectivity index (χ1) is 4.04. The van der Waals surface area contributed by atoms with Gasteiger partial charge in [0.15, 0.2) is 0 Å². The van der Waals surface area contributed by atoms with Crippen molar-refractivity contribution in [2.45, 2.75) is 20.0 Å². The van der Waals surface area contributed by atoms with E-state index in [0.29, 0.717) is 0 Å². The summed E-state index contributed by atoms with van der Waals surface area (Å²) < 4.78 is 0. The summed E-state index contributed by atoms with van der Waals surface area (Å²) in [6.45, 7) is 6.00. The minimum atomic E-state index is -0.273. The summed E-state index contributed by atoms with van der Waals surface area (Å²) in [4.78, 5) is 12.4. The van der Waals surface area contributed by atoms with Gasteiger partial charge in [-0.15, -0.1) is 0 Å². The number of carbonyl (C=O) groups excluding carboxylic acids is 1. The number of rotatable bonds is 2. The van der Waals surface area contributed by atoms with Gasteiger partial charge in [0, 0.05) is 20.1 Å².